The average molecular weight is 537 g/mol. The Morgan fingerprint density at radius 1 is 1.18 bits per heavy atom. The van der Waals surface area contributed by atoms with E-state index in [1.54, 1.807) is 42.6 Å². The number of nitrogens with two attached hydrogens (primary N) is 1. The Balaban J connectivity index is 0.000000983. The number of aromatic nitrogens is 4. The van der Waals surface area contributed by atoms with Gasteiger partial charge in [0, 0.05) is 30.3 Å². The number of hydrogen-bond acceptors (Lipinski definition) is 7. The Bertz CT molecular complexity index is 1530. The molecule has 0 bridgehead atoms. The quantitative estimate of drug-likeness (QED) is 0.197. The van der Waals surface area contributed by atoms with Crippen molar-refractivity contribution in [1.82, 2.24) is 19.7 Å². The van der Waals surface area contributed by atoms with E-state index in [-0.39, 0.29) is 23.0 Å². The molecule has 12 heteroatoms. The Hall–Kier alpha value is -5.00. The number of nitrogen functional groups attached to an aromatic ring is 1. The minimum atomic E-state index is -0.833. The highest BCUT2D eigenvalue weighted by molar-refractivity contribution is 5.94. The van der Waals surface area contributed by atoms with Crippen molar-refractivity contribution in [2.24, 2.45) is 5.73 Å². The fourth-order valence-corrected chi connectivity index (χ4v) is 3.89. The SMILES string of the molecule is CC(=O)O.COc1cc(F)c(C(Cc2ccc(C(=N)N)cc2)c2nn(-c3ncccc3C)c(=O)[nH]2)cc1OC. The van der Waals surface area contributed by atoms with Gasteiger partial charge in [-0.1, -0.05) is 30.3 Å². The maximum atomic E-state index is 15.3. The molecular formula is C27H29FN6O5. The Kier molecular flexibility index (Phi) is 9.15. The molecule has 0 saturated heterocycles. The number of H-pyrrole nitrogens is 1. The predicted octanol–water partition coefficient (Wildman–Crippen LogP) is 3.17. The first-order valence-electron chi connectivity index (χ1n) is 11.7. The van der Waals surface area contributed by atoms with Crippen molar-refractivity contribution in [1.29, 1.82) is 5.41 Å². The van der Waals surface area contributed by atoms with Crippen molar-refractivity contribution < 1.29 is 23.8 Å². The van der Waals surface area contributed by atoms with Crippen LogP contribution in [0, 0.1) is 18.2 Å². The molecule has 0 aliphatic carbocycles. The van der Waals surface area contributed by atoms with Gasteiger partial charge in [0.1, 0.15) is 17.5 Å². The number of nitrogens with one attached hydrogen (secondary N) is 2. The second kappa shape index (κ2) is 12.5. The first-order chi connectivity index (χ1) is 18.5. The number of amidine groups is 1. The molecule has 0 saturated carbocycles. The number of aromatic amines is 1. The Morgan fingerprint density at radius 3 is 2.36 bits per heavy atom. The first kappa shape index (κ1) is 28.6. The van der Waals surface area contributed by atoms with E-state index in [9.17, 15) is 4.79 Å². The number of rotatable bonds is 8. The van der Waals surface area contributed by atoms with Gasteiger partial charge in [0.05, 0.1) is 20.1 Å². The van der Waals surface area contributed by atoms with Gasteiger partial charge in [-0.05, 0) is 36.6 Å². The molecule has 1 unspecified atom stereocenters. The molecule has 4 rings (SSSR count). The Morgan fingerprint density at radius 2 is 1.79 bits per heavy atom. The number of nitrogens with zero attached hydrogens (tertiary/aromatic N) is 3. The number of ether oxygens (including phenoxy) is 2. The van der Waals surface area contributed by atoms with Gasteiger partial charge in [-0.15, -0.1) is 5.10 Å². The second-order valence-electron chi connectivity index (χ2n) is 8.49. The highest BCUT2D eigenvalue weighted by Crippen LogP contribution is 2.36. The van der Waals surface area contributed by atoms with Crippen LogP contribution in [-0.2, 0) is 11.2 Å². The van der Waals surface area contributed by atoms with E-state index in [1.807, 2.05) is 13.0 Å². The lowest BCUT2D eigenvalue weighted by Gasteiger charge is -2.18. The van der Waals surface area contributed by atoms with Gasteiger partial charge in [0.25, 0.3) is 5.97 Å². The van der Waals surface area contributed by atoms with Crippen LogP contribution in [0.1, 0.15) is 40.9 Å². The summed E-state index contributed by atoms with van der Waals surface area (Å²) in [5.74, 6) is -0.829. The lowest BCUT2D eigenvalue weighted by molar-refractivity contribution is -0.134. The maximum Gasteiger partial charge on any atom is 0.349 e. The lowest BCUT2D eigenvalue weighted by Crippen LogP contribution is -2.18. The van der Waals surface area contributed by atoms with Crippen molar-refractivity contribution >= 4 is 11.8 Å². The van der Waals surface area contributed by atoms with Gasteiger partial charge in [0.2, 0.25) is 0 Å². The minimum Gasteiger partial charge on any atom is -0.493 e. The number of pyridine rings is 1. The van der Waals surface area contributed by atoms with E-state index in [4.69, 9.17) is 30.5 Å². The third kappa shape index (κ3) is 6.86. The summed E-state index contributed by atoms with van der Waals surface area (Å²) in [5, 5.41) is 19.5. The van der Waals surface area contributed by atoms with Crippen LogP contribution in [0.3, 0.4) is 0 Å². The van der Waals surface area contributed by atoms with E-state index >= 15 is 4.39 Å². The molecule has 39 heavy (non-hydrogen) atoms. The summed E-state index contributed by atoms with van der Waals surface area (Å²) in [6, 6.07) is 13.4. The number of aryl methyl sites for hydroxylation is 1. The highest BCUT2D eigenvalue weighted by Gasteiger charge is 2.26. The maximum absolute atomic E-state index is 15.3. The zero-order valence-electron chi connectivity index (χ0n) is 21.9. The summed E-state index contributed by atoms with van der Waals surface area (Å²) < 4.78 is 27.1. The van der Waals surface area contributed by atoms with Gasteiger partial charge in [-0.2, -0.15) is 4.68 Å². The summed E-state index contributed by atoms with van der Waals surface area (Å²) in [6.45, 7) is 2.91. The summed E-state index contributed by atoms with van der Waals surface area (Å²) in [4.78, 5) is 28.9. The molecule has 0 aliphatic heterocycles. The van der Waals surface area contributed by atoms with Crippen LogP contribution in [0.5, 0.6) is 11.5 Å². The molecule has 1 atom stereocenters. The van der Waals surface area contributed by atoms with Crippen molar-refractivity contribution in [3.05, 3.63) is 99.1 Å². The third-order valence-electron chi connectivity index (χ3n) is 5.73. The molecule has 2 heterocycles. The van der Waals surface area contributed by atoms with E-state index in [2.05, 4.69) is 15.1 Å². The zero-order valence-corrected chi connectivity index (χ0v) is 21.9. The number of benzene rings is 2. The number of hydrogen-bond donors (Lipinski definition) is 4. The normalized spacial score (nSPS) is 11.2. The third-order valence-corrected chi connectivity index (χ3v) is 5.73. The lowest BCUT2D eigenvalue weighted by atomic mass is 9.90. The second-order valence-corrected chi connectivity index (χ2v) is 8.49. The standard InChI is InChI=1S/C25H25FN6O3.C2H4O2/c1-14-5-4-10-29-24(14)32-25(33)30-23(31-32)18(11-15-6-8-16(9-7-15)22(27)28)17-12-20(34-2)21(35-3)13-19(17)26;1-2(3)4/h4-10,12-13,18H,11H2,1-3H3,(H3,27,28)(H,30,31,33);1H3,(H,3,4). The molecule has 0 fully saturated rings. The molecule has 0 aliphatic rings. The molecule has 2 aromatic heterocycles. The van der Waals surface area contributed by atoms with Crippen LogP contribution in [0.15, 0.2) is 59.5 Å². The van der Waals surface area contributed by atoms with E-state index < -0.39 is 23.4 Å². The number of methoxy groups -OCH3 is 2. The highest BCUT2D eigenvalue weighted by atomic mass is 19.1. The van der Waals surface area contributed by atoms with Crippen LogP contribution in [0.4, 0.5) is 4.39 Å². The topological polar surface area (TPSA) is 169 Å². The van der Waals surface area contributed by atoms with Crippen LogP contribution in [0.2, 0.25) is 0 Å². The summed E-state index contributed by atoms with van der Waals surface area (Å²) in [7, 11) is 2.90. The van der Waals surface area contributed by atoms with Gasteiger partial charge in [0.15, 0.2) is 17.3 Å². The van der Waals surface area contributed by atoms with Crippen LogP contribution >= 0.6 is 0 Å². The number of carboxylic acid groups (broad SMARTS) is 1. The smallest absolute Gasteiger partial charge is 0.349 e. The van der Waals surface area contributed by atoms with Crippen molar-refractivity contribution in [3.63, 3.8) is 0 Å². The van der Waals surface area contributed by atoms with E-state index in [1.165, 1.54) is 25.0 Å². The van der Waals surface area contributed by atoms with Gasteiger partial charge in [-0.25, -0.2) is 14.2 Å². The molecule has 0 spiro atoms. The summed E-state index contributed by atoms with van der Waals surface area (Å²) in [6.07, 6.45) is 1.88. The summed E-state index contributed by atoms with van der Waals surface area (Å²) in [5.41, 5.74) is 7.52. The number of carbonyl (C=O) groups is 1. The molecule has 0 amide bonds. The van der Waals surface area contributed by atoms with Crippen molar-refractivity contribution in [2.45, 2.75) is 26.2 Å². The summed E-state index contributed by atoms with van der Waals surface area (Å²) >= 11 is 0. The van der Waals surface area contributed by atoms with Crippen molar-refractivity contribution in [3.8, 4) is 17.3 Å². The van der Waals surface area contributed by atoms with Crippen molar-refractivity contribution in [2.75, 3.05) is 14.2 Å². The van der Waals surface area contributed by atoms with Gasteiger partial charge < -0.3 is 20.3 Å². The molecule has 11 nitrogen and oxygen atoms in total. The Labute approximate surface area is 223 Å². The fourth-order valence-electron chi connectivity index (χ4n) is 3.89. The molecule has 5 N–H and O–H groups in total. The molecular weight excluding hydrogens is 507 g/mol. The number of carboxylic acids is 1. The molecule has 4 aromatic rings. The first-order valence-corrected chi connectivity index (χ1v) is 11.7. The number of aliphatic carboxylic acids is 1. The monoisotopic (exact) mass is 536 g/mol. The predicted molar refractivity (Wildman–Crippen MR) is 143 cm³/mol. The number of halogens is 1. The van der Waals surface area contributed by atoms with Gasteiger partial charge >= 0.3 is 5.69 Å². The van der Waals surface area contributed by atoms with Crippen LogP contribution in [0.25, 0.3) is 5.82 Å². The van der Waals surface area contributed by atoms with Gasteiger partial charge in [-0.3, -0.25) is 15.2 Å². The van der Waals surface area contributed by atoms with Crippen LogP contribution in [-0.4, -0.2) is 50.9 Å². The molecule has 2 aromatic carbocycles. The fraction of sp³-hybridized carbons (Fsp3) is 0.222. The van der Waals surface area contributed by atoms with Crippen LogP contribution < -0.4 is 20.9 Å². The largest absolute Gasteiger partial charge is 0.493 e. The minimum absolute atomic E-state index is 0.0483. The average Bonchev–Trinajstić information content (AvgIpc) is 3.28. The van der Waals surface area contributed by atoms with E-state index in [0.29, 0.717) is 23.6 Å². The molecule has 0 radical (unpaired) electrons. The zero-order chi connectivity index (χ0) is 28.7. The van der Waals surface area contributed by atoms with E-state index in [0.717, 1.165) is 18.1 Å². The molecule has 204 valence electrons.